The van der Waals surface area contributed by atoms with E-state index in [0.29, 0.717) is 18.9 Å². The summed E-state index contributed by atoms with van der Waals surface area (Å²) in [6.45, 7) is 2.49. The number of hydrogen-bond acceptors (Lipinski definition) is 5. The van der Waals surface area contributed by atoms with Crippen molar-refractivity contribution in [3.05, 3.63) is 0 Å². The van der Waals surface area contributed by atoms with Gasteiger partial charge in [0.25, 0.3) is 5.91 Å². The SMILES string of the molecule is COCCNC(=O)C/C(C)=N\NC(=O)CC#N. The van der Waals surface area contributed by atoms with E-state index >= 15 is 0 Å². The van der Waals surface area contributed by atoms with Crippen molar-refractivity contribution in [2.75, 3.05) is 20.3 Å². The number of carbonyl (C=O) groups excluding carboxylic acids is 2. The molecular weight excluding hydrogens is 224 g/mol. The van der Waals surface area contributed by atoms with E-state index in [4.69, 9.17) is 10.00 Å². The van der Waals surface area contributed by atoms with Gasteiger partial charge in [0.2, 0.25) is 5.91 Å². The summed E-state index contributed by atoms with van der Waals surface area (Å²) in [4.78, 5) is 22.2. The molecule has 2 N–H and O–H groups in total. The average molecular weight is 240 g/mol. The van der Waals surface area contributed by atoms with Gasteiger partial charge in [-0.3, -0.25) is 9.59 Å². The zero-order valence-corrected chi connectivity index (χ0v) is 9.95. The van der Waals surface area contributed by atoms with Crippen LogP contribution in [0.5, 0.6) is 0 Å². The molecular formula is C10H16N4O3. The van der Waals surface area contributed by atoms with Gasteiger partial charge in [0.15, 0.2) is 0 Å². The maximum absolute atomic E-state index is 11.3. The number of nitrogens with one attached hydrogen (secondary N) is 2. The topological polar surface area (TPSA) is 104 Å². The molecule has 2 amide bonds. The second-order valence-corrected chi connectivity index (χ2v) is 3.24. The van der Waals surface area contributed by atoms with Gasteiger partial charge in [-0.15, -0.1) is 0 Å². The second-order valence-electron chi connectivity index (χ2n) is 3.24. The molecule has 0 radical (unpaired) electrons. The number of rotatable bonds is 7. The van der Waals surface area contributed by atoms with Gasteiger partial charge in [-0.1, -0.05) is 0 Å². The molecule has 7 heteroatoms. The molecule has 0 atom stereocenters. The fraction of sp³-hybridized carbons (Fsp3) is 0.600. The van der Waals surface area contributed by atoms with Gasteiger partial charge in [0, 0.05) is 19.4 Å². The van der Waals surface area contributed by atoms with Gasteiger partial charge in [0.05, 0.1) is 19.1 Å². The van der Waals surface area contributed by atoms with Crippen LogP contribution in [-0.4, -0.2) is 37.8 Å². The van der Waals surface area contributed by atoms with Crippen LogP contribution in [0.4, 0.5) is 0 Å². The van der Waals surface area contributed by atoms with Crippen LogP contribution < -0.4 is 10.7 Å². The summed E-state index contributed by atoms with van der Waals surface area (Å²) in [6, 6.07) is 1.69. The number of amides is 2. The molecule has 0 aliphatic rings. The molecule has 0 aliphatic heterocycles. The minimum Gasteiger partial charge on any atom is -0.383 e. The van der Waals surface area contributed by atoms with Gasteiger partial charge < -0.3 is 10.1 Å². The summed E-state index contributed by atoms with van der Waals surface area (Å²) < 4.78 is 4.77. The lowest BCUT2D eigenvalue weighted by Gasteiger charge is -2.04. The molecule has 0 unspecified atom stereocenters. The highest BCUT2D eigenvalue weighted by molar-refractivity contribution is 6.00. The Hall–Kier alpha value is -1.94. The van der Waals surface area contributed by atoms with Crippen LogP contribution in [0.3, 0.4) is 0 Å². The molecule has 94 valence electrons. The van der Waals surface area contributed by atoms with Crippen LogP contribution >= 0.6 is 0 Å². The van der Waals surface area contributed by atoms with Gasteiger partial charge >= 0.3 is 0 Å². The quantitative estimate of drug-likeness (QED) is 0.357. The molecule has 7 nitrogen and oxygen atoms in total. The summed E-state index contributed by atoms with van der Waals surface area (Å²) in [6.07, 6.45) is -0.159. The smallest absolute Gasteiger partial charge is 0.254 e. The predicted molar refractivity (Wildman–Crippen MR) is 61.0 cm³/mol. The number of carbonyl (C=O) groups is 2. The second kappa shape index (κ2) is 9.30. The fourth-order valence-corrected chi connectivity index (χ4v) is 0.896. The van der Waals surface area contributed by atoms with Crippen LogP contribution in [-0.2, 0) is 14.3 Å². The van der Waals surface area contributed by atoms with Gasteiger partial charge in [-0.05, 0) is 6.92 Å². The van der Waals surface area contributed by atoms with Crippen molar-refractivity contribution in [1.82, 2.24) is 10.7 Å². The van der Waals surface area contributed by atoms with Crippen LogP contribution in [0.15, 0.2) is 5.10 Å². The number of nitriles is 1. The van der Waals surface area contributed by atoms with Crippen molar-refractivity contribution in [3.8, 4) is 6.07 Å². The third-order valence-electron chi connectivity index (χ3n) is 1.66. The van der Waals surface area contributed by atoms with Crippen molar-refractivity contribution in [1.29, 1.82) is 5.26 Å². The minimum atomic E-state index is -0.494. The third-order valence-corrected chi connectivity index (χ3v) is 1.66. The molecule has 0 spiro atoms. The Morgan fingerprint density at radius 3 is 2.71 bits per heavy atom. The summed E-state index contributed by atoms with van der Waals surface area (Å²) in [7, 11) is 1.55. The number of ether oxygens (including phenoxy) is 1. The zero-order chi connectivity index (χ0) is 13.1. The van der Waals surface area contributed by atoms with Crippen molar-refractivity contribution in [2.24, 2.45) is 5.10 Å². The lowest BCUT2D eigenvalue weighted by atomic mass is 10.3. The van der Waals surface area contributed by atoms with Crippen LogP contribution in [0.25, 0.3) is 0 Å². The van der Waals surface area contributed by atoms with Gasteiger partial charge in [-0.25, -0.2) is 5.43 Å². The average Bonchev–Trinajstić information content (AvgIpc) is 2.27. The summed E-state index contributed by atoms with van der Waals surface area (Å²) in [5.74, 6) is -0.690. The number of nitrogens with zero attached hydrogens (tertiary/aromatic N) is 2. The number of methoxy groups -OCH3 is 1. The standard InChI is InChI=1S/C10H16N4O3/c1-8(13-14-9(15)3-4-11)7-10(16)12-5-6-17-2/h3,5-7H2,1-2H3,(H,12,16)(H,14,15)/b13-8-. The lowest BCUT2D eigenvalue weighted by Crippen LogP contribution is -2.29. The summed E-state index contributed by atoms with van der Waals surface area (Å²) in [5.41, 5.74) is 2.64. The molecule has 0 saturated carbocycles. The van der Waals surface area contributed by atoms with Gasteiger partial charge in [0.1, 0.15) is 6.42 Å². The molecule has 0 bridgehead atoms. The number of hydrazone groups is 1. The molecule has 17 heavy (non-hydrogen) atoms. The van der Waals surface area contributed by atoms with Crippen LogP contribution in [0.2, 0.25) is 0 Å². The molecule has 0 aliphatic carbocycles. The lowest BCUT2D eigenvalue weighted by molar-refractivity contribution is -0.121. The molecule has 0 aromatic rings. The van der Waals surface area contributed by atoms with E-state index in [1.807, 2.05) is 0 Å². The van der Waals surface area contributed by atoms with Crippen molar-refractivity contribution >= 4 is 17.5 Å². The largest absolute Gasteiger partial charge is 0.383 e. The molecule has 0 fully saturated rings. The van der Waals surface area contributed by atoms with Crippen molar-refractivity contribution < 1.29 is 14.3 Å². The van der Waals surface area contributed by atoms with Crippen molar-refractivity contribution in [3.63, 3.8) is 0 Å². The maximum atomic E-state index is 11.3. The van der Waals surface area contributed by atoms with E-state index in [0.717, 1.165) is 0 Å². The van der Waals surface area contributed by atoms with E-state index in [-0.39, 0.29) is 18.7 Å². The van der Waals surface area contributed by atoms with Crippen LogP contribution in [0.1, 0.15) is 19.8 Å². The fourth-order valence-electron chi connectivity index (χ4n) is 0.896. The molecule has 0 saturated heterocycles. The minimum absolute atomic E-state index is 0.0938. The first-order chi connectivity index (χ1) is 8.10. The zero-order valence-electron chi connectivity index (χ0n) is 9.95. The Labute approximate surface area is 99.8 Å². The molecule has 0 rings (SSSR count). The van der Waals surface area contributed by atoms with E-state index < -0.39 is 5.91 Å². The highest BCUT2D eigenvalue weighted by Crippen LogP contribution is 1.86. The Balaban J connectivity index is 3.87. The van der Waals surface area contributed by atoms with E-state index in [2.05, 4.69) is 15.8 Å². The highest BCUT2D eigenvalue weighted by Gasteiger charge is 2.03. The first-order valence-electron chi connectivity index (χ1n) is 5.04. The molecule has 0 heterocycles. The molecule has 0 aromatic heterocycles. The highest BCUT2D eigenvalue weighted by atomic mass is 16.5. The van der Waals surface area contributed by atoms with E-state index in [1.165, 1.54) is 0 Å². The maximum Gasteiger partial charge on any atom is 0.254 e. The normalized spacial score (nSPS) is 10.5. The monoisotopic (exact) mass is 240 g/mol. The Morgan fingerprint density at radius 2 is 2.12 bits per heavy atom. The summed E-state index contributed by atoms with van der Waals surface area (Å²) in [5, 5.41) is 14.5. The Morgan fingerprint density at radius 1 is 1.41 bits per heavy atom. The first-order valence-corrected chi connectivity index (χ1v) is 5.04. The van der Waals surface area contributed by atoms with Crippen LogP contribution in [0, 0.1) is 11.3 Å². The Bertz CT molecular complexity index is 333. The summed E-state index contributed by atoms with van der Waals surface area (Å²) >= 11 is 0. The third kappa shape index (κ3) is 9.02. The Kier molecular flexibility index (Phi) is 8.24. The van der Waals surface area contributed by atoms with Gasteiger partial charge in [-0.2, -0.15) is 10.4 Å². The van der Waals surface area contributed by atoms with Crippen molar-refractivity contribution in [2.45, 2.75) is 19.8 Å². The van der Waals surface area contributed by atoms with E-state index in [1.54, 1.807) is 20.1 Å². The first kappa shape index (κ1) is 15.1. The van der Waals surface area contributed by atoms with E-state index in [9.17, 15) is 9.59 Å². The molecule has 0 aromatic carbocycles. The number of hydrogen-bond donors (Lipinski definition) is 2. The predicted octanol–water partition coefficient (Wildman–Crippen LogP) is -0.455.